The minimum Gasteiger partial charge on any atom is -0.505 e. The van der Waals surface area contributed by atoms with Crippen LogP contribution < -0.4 is 4.74 Å². The Balaban J connectivity index is 1.66. The predicted octanol–water partition coefficient (Wildman–Crippen LogP) is 5.60. The normalized spacial score (nSPS) is 10.9. The zero-order chi connectivity index (χ0) is 16.5. The van der Waals surface area contributed by atoms with Crippen molar-refractivity contribution in [3.8, 4) is 28.0 Å². The molecular formula is C19H12FNO2S. The molecule has 2 heterocycles. The highest BCUT2D eigenvalue weighted by Gasteiger charge is 2.08. The lowest BCUT2D eigenvalue weighted by Gasteiger charge is -2.06. The average Bonchev–Trinajstić information content (AvgIpc) is 3.03. The molecule has 0 saturated heterocycles. The van der Waals surface area contributed by atoms with Crippen LogP contribution in [0.4, 0.5) is 4.39 Å². The minimum atomic E-state index is -0.686. The number of fused-ring (bicyclic) bond motifs is 1. The fourth-order valence-electron chi connectivity index (χ4n) is 2.39. The van der Waals surface area contributed by atoms with Crippen molar-refractivity contribution in [2.24, 2.45) is 0 Å². The molecule has 0 atom stereocenters. The third-order valence-corrected chi connectivity index (χ3v) is 4.68. The van der Waals surface area contributed by atoms with Crippen LogP contribution in [-0.2, 0) is 0 Å². The molecule has 5 heteroatoms. The van der Waals surface area contributed by atoms with E-state index in [0.717, 1.165) is 16.6 Å². The Labute approximate surface area is 141 Å². The van der Waals surface area contributed by atoms with Gasteiger partial charge in [0.2, 0.25) is 5.88 Å². The lowest BCUT2D eigenvalue weighted by Crippen LogP contribution is -1.89. The molecule has 2 aromatic carbocycles. The van der Waals surface area contributed by atoms with Crippen LogP contribution in [0.2, 0.25) is 0 Å². The second-order valence-corrected chi connectivity index (χ2v) is 6.31. The molecule has 2 aromatic heterocycles. The van der Waals surface area contributed by atoms with Crippen LogP contribution in [0.3, 0.4) is 0 Å². The average molecular weight is 337 g/mol. The summed E-state index contributed by atoms with van der Waals surface area (Å²) >= 11 is 1.66. The number of benzene rings is 2. The first-order chi connectivity index (χ1) is 11.7. The van der Waals surface area contributed by atoms with E-state index in [9.17, 15) is 9.50 Å². The van der Waals surface area contributed by atoms with Crippen LogP contribution in [-0.4, -0.2) is 10.1 Å². The Morgan fingerprint density at radius 1 is 0.958 bits per heavy atom. The molecule has 3 nitrogen and oxygen atoms in total. The number of rotatable bonds is 3. The highest BCUT2D eigenvalue weighted by Crippen LogP contribution is 2.33. The number of thiophene rings is 1. The van der Waals surface area contributed by atoms with Gasteiger partial charge in [-0.05, 0) is 35.7 Å². The molecule has 1 N–H and O–H groups in total. The number of nitrogens with zero attached hydrogens (tertiary/aromatic N) is 1. The lowest BCUT2D eigenvalue weighted by atomic mass is 10.2. The third kappa shape index (κ3) is 2.81. The Kier molecular flexibility index (Phi) is 3.63. The molecule has 118 valence electrons. The summed E-state index contributed by atoms with van der Waals surface area (Å²) in [7, 11) is 0. The number of hydrogen-bond donors (Lipinski definition) is 1. The van der Waals surface area contributed by atoms with Crippen LogP contribution >= 0.6 is 11.3 Å². The molecule has 0 radical (unpaired) electrons. The van der Waals surface area contributed by atoms with Gasteiger partial charge in [0.25, 0.3) is 0 Å². The van der Waals surface area contributed by atoms with Gasteiger partial charge in [0, 0.05) is 16.8 Å². The number of hydrogen-bond acceptors (Lipinski definition) is 4. The molecule has 4 aromatic rings. The van der Waals surface area contributed by atoms with Crippen LogP contribution in [0.25, 0.3) is 20.7 Å². The second-order valence-electron chi connectivity index (χ2n) is 5.22. The largest absolute Gasteiger partial charge is 0.505 e. The monoisotopic (exact) mass is 337 g/mol. The summed E-state index contributed by atoms with van der Waals surface area (Å²) in [5.41, 5.74) is 0.806. The first-order valence-corrected chi connectivity index (χ1v) is 8.13. The quantitative estimate of drug-likeness (QED) is 0.529. The van der Waals surface area contributed by atoms with E-state index in [4.69, 9.17) is 4.74 Å². The van der Waals surface area contributed by atoms with Crippen LogP contribution in [0, 0.1) is 5.82 Å². The van der Waals surface area contributed by atoms with Crippen molar-refractivity contribution in [1.29, 1.82) is 0 Å². The molecule has 0 aliphatic rings. The summed E-state index contributed by atoms with van der Waals surface area (Å²) in [5, 5.41) is 10.6. The number of ether oxygens (including phenoxy) is 1. The van der Waals surface area contributed by atoms with Gasteiger partial charge in [-0.1, -0.05) is 24.3 Å². The Bertz CT molecular complexity index is 996. The molecule has 0 bridgehead atoms. The van der Waals surface area contributed by atoms with Gasteiger partial charge in [-0.25, -0.2) is 9.37 Å². The van der Waals surface area contributed by atoms with Gasteiger partial charge in [-0.15, -0.1) is 11.3 Å². The van der Waals surface area contributed by atoms with E-state index < -0.39 is 11.6 Å². The van der Waals surface area contributed by atoms with E-state index in [0.29, 0.717) is 11.6 Å². The molecule has 0 amide bonds. The SMILES string of the molecule is Oc1cc(Oc2cccc(-c3cc4ccccc4s3)n2)ccc1F. The summed E-state index contributed by atoms with van der Waals surface area (Å²) in [6.45, 7) is 0. The van der Waals surface area contributed by atoms with E-state index >= 15 is 0 Å². The number of aromatic nitrogens is 1. The van der Waals surface area contributed by atoms with Crippen LogP contribution in [0.15, 0.2) is 66.7 Å². The highest BCUT2D eigenvalue weighted by atomic mass is 32.1. The minimum absolute atomic E-state index is 0.329. The summed E-state index contributed by atoms with van der Waals surface area (Å²) in [5.74, 6) is -0.423. The fourth-order valence-corrected chi connectivity index (χ4v) is 3.43. The maximum Gasteiger partial charge on any atom is 0.219 e. The lowest BCUT2D eigenvalue weighted by molar-refractivity contribution is 0.418. The standard InChI is InChI=1S/C19H12FNO2S/c20-14-9-8-13(11-16(14)22)23-19-7-3-5-15(21-19)18-10-12-4-1-2-6-17(12)24-18/h1-11,22H. The zero-order valence-corrected chi connectivity index (χ0v) is 13.3. The zero-order valence-electron chi connectivity index (χ0n) is 12.4. The van der Waals surface area contributed by atoms with Gasteiger partial charge in [-0.2, -0.15) is 0 Å². The molecule has 0 aliphatic carbocycles. The maximum atomic E-state index is 13.1. The topological polar surface area (TPSA) is 42.4 Å². The first kappa shape index (κ1) is 14.7. The van der Waals surface area contributed by atoms with Crippen LogP contribution in [0.1, 0.15) is 0 Å². The molecule has 4 rings (SSSR count). The van der Waals surface area contributed by atoms with E-state index in [-0.39, 0.29) is 0 Å². The van der Waals surface area contributed by atoms with Crippen LogP contribution in [0.5, 0.6) is 17.4 Å². The molecule has 0 saturated carbocycles. The van der Waals surface area contributed by atoms with E-state index in [2.05, 4.69) is 23.2 Å². The predicted molar refractivity (Wildman–Crippen MR) is 93.2 cm³/mol. The summed E-state index contributed by atoms with van der Waals surface area (Å²) in [4.78, 5) is 5.54. The summed E-state index contributed by atoms with van der Waals surface area (Å²) in [6.07, 6.45) is 0. The maximum absolute atomic E-state index is 13.1. The van der Waals surface area contributed by atoms with Crippen molar-refractivity contribution in [1.82, 2.24) is 4.98 Å². The van der Waals surface area contributed by atoms with Gasteiger partial charge in [0.05, 0.1) is 10.6 Å². The van der Waals surface area contributed by atoms with Crippen molar-refractivity contribution >= 4 is 21.4 Å². The van der Waals surface area contributed by atoms with Crippen molar-refractivity contribution in [3.63, 3.8) is 0 Å². The van der Waals surface area contributed by atoms with Gasteiger partial charge in [-0.3, -0.25) is 0 Å². The van der Waals surface area contributed by atoms with Gasteiger partial charge in [0.1, 0.15) is 5.75 Å². The molecule has 24 heavy (non-hydrogen) atoms. The van der Waals surface area contributed by atoms with Crippen molar-refractivity contribution < 1.29 is 14.2 Å². The Morgan fingerprint density at radius 3 is 2.67 bits per heavy atom. The molecule has 0 fully saturated rings. The smallest absolute Gasteiger partial charge is 0.219 e. The van der Waals surface area contributed by atoms with Crippen molar-refractivity contribution in [3.05, 3.63) is 72.5 Å². The molecular weight excluding hydrogens is 325 g/mol. The molecule has 0 aliphatic heterocycles. The second kappa shape index (κ2) is 5.94. The molecule has 0 unspecified atom stereocenters. The number of halogens is 1. The first-order valence-electron chi connectivity index (χ1n) is 7.31. The fraction of sp³-hybridized carbons (Fsp3) is 0. The van der Waals surface area contributed by atoms with Gasteiger partial charge < -0.3 is 9.84 Å². The van der Waals surface area contributed by atoms with E-state index in [1.54, 1.807) is 17.4 Å². The van der Waals surface area contributed by atoms with Gasteiger partial charge in [0.15, 0.2) is 11.6 Å². The van der Waals surface area contributed by atoms with E-state index in [1.807, 2.05) is 24.3 Å². The van der Waals surface area contributed by atoms with Crippen molar-refractivity contribution in [2.75, 3.05) is 0 Å². The van der Waals surface area contributed by atoms with Crippen molar-refractivity contribution in [2.45, 2.75) is 0 Å². The summed E-state index contributed by atoms with van der Waals surface area (Å²) < 4.78 is 19.9. The third-order valence-electron chi connectivity index (χ3n) is 3.54. The summed E-state index contributed by atoms with van der Waals surface area (Å²) in [6, 6.07) is 19.6. The Hall–Kier alpha value is -2.92. The highest BCUT2D eigenvalue weighted by molar-refractivity contribution is 7.22. The number of aromatic hydroxyl groups is 1. The Morgan fingerprint density at radius 2 is 1.83 bits per heavy atom. The number of phenolic OH excluding ortho intramolecular Hbond substituents is 1. The number of phenols is 1. The van der Waals surface area contributed by atoms with E-state index in [1.165, 1.54) is 22.2 Å². The van der Waals surface area contributed by atoms with Gasteiger partial charge >= 0.3 is 0 Å². The number of pyridine rings is 1. The molecule has 0 spiro atoms.